The Balaban J connectivity index is 1.32. The number of halogens is 1. The van der Waals surface area contributed by atoms with E-state index in [1.165, 1.54) is 22.5 Å². The Kier molecular flexibility index (Phi) is 5.53. The van der Waals surface area contributed by atoms with E-state index in [9.17, 15) is 4.79 Å². The molecule has 4 nitrogen and oxygen atoms in total. The van der Waals surface area contributed by atoms with Crippen molar-refractivity contribution < 1.29 is 4.79 Å². The van der Waals surface area contributed by atoms with Gasteiger partial charge in [-0.15, -0.1) is 11.3 Å². The highest BCUT2D eigenvalue weighted by atomic mass is 35.5. The summed E-state index contributed by atoms with van der Waals surface area (Å²) in [7, 11) is 0. The predicted molar refractivity (Wildman–Crippen MR) is 110 cm³/mol. The minimum atomic E-state index is -0.0647. The summed E-state index contributed by atoms with van der Waals surface area (Å²) in [5, 5.41) is 6.25. The summed E-state index contributed by atoms with van der Waals surface area (Å²) in [4.78, 5) is 19.2. The van der Waals surface area contributed by atoms with Crippen molar-refractivity contribution in [2.75, 3.05) is 11.9 Å². The van der Waals surface area contributed by atoms with Crippen LogP contribution in [0.25, 0.3) is 0 Å². The second kappa shape index (κ2) is 8.21. The van der Waals surface area contributed by atoms with Crippen molar-refractivity contribution in [2.45, 2.75) is 25.9 Å². The number of hydrogen-bond acceptors (Lipinski definition) is 4. The lowest BCUT2D eigenvalue weighted by molar-refractivity contribution is -0.115. The van der Waals surface area contributed by atoms with Gasteiger partial charge >= 0.3 is 0 Å². The van der Waals surface area contributed by atoms with Gasteiger partial charge in [0.15, 0.2) is 5.13 Å². The lowest BCUT2D eigenvalue weighted by atomic mass is 10.00. The van der Waals surface area contributed by atoms with E-state index >= 15 is 0 Å². The summed E-state index contributed by atoms with van der Waals surface area (Å²) in [6, 6.07) is 15.9. The standard InChI is InChI=1S/C21H20ClN3OS/c22-18-7-5-15(6-8-18)11-20(26)24-21-23-19(14-27-21)13-25-10-9-16-3-1-2-4-17(16)12-25/h1-8,14H,9-13H2,(H,23,24,26). The van der Waals surface area contributed by atoms with Crippen molar-refractivity contribution in [3.63, 3.8) is 0 Å². The van der Waals surface area contributed by atoms with Gasteiger partial charge in [-0.25, -0.2) is 4.98 Å². The van der Waals surface area contributed by atoms with E-state index in [1.807, 2.05) is 17.5 Å². The molecular weight excluding hydrogens is 378 g/mol. The molecule has 0 radical (unpaired) electrons. The van der Waals surface area contributed by atoms with Crippen molar-refractivity contribution in [3.8, 4) is 0 Å². The number of amides is 1. The summed E-state index contributed by atoms with van der Waals surface area (Å²) in [5.74, 6) is -0.0647. The van der Waals surface area contributed by atoms with Crippen molar-refractivity contribution in [1.82, 2.24) is 9.88 Å². The molecule has 138 valence electrons. The Bertz CT molecular complexity index is 939. The molecule has 27 heavy (non-hydrogen) atoms. The van der Waals surface area contributed by atoms with Gasteiger partial charge in [-0.3, -0.25) is 9.69 Å². The number of fused-ring (bicyclic) bond motifs is 1. The highest BCUT2D eigenvalue weighted by Gasteiger charge is 2.17. The molecule has 0 spiro atoms. The van der Waals surface area contributed by atoms with Crippen LogP contribution in [0.15, 0.2) is 53.9 Å². The smallest absolute Gasteiger partial charge is 0.230 e. The molecule has 0 unspecified atom stereocenters. The number of benzene rings is 2. The van der Waals surface area contributed by atoms with Crippen LogP contribution in [-0.2, 0) is 30.7 Å². The van der Waals surface area contributed by atoms with Crippen LogP contribution in [0, 0.1) is 0 Å². The second-order valence-corrected chi connectivity index (χ2v) is 8.02. The molecule has 2 aromatic carbocycles. The number of aromatic nitrogens is 1. The van der Waals surface area contributed by atoms with Gasteiger partial charge < -0.3 is 5.32 Å². The summed E-state index contributed by atoms with van der Waals surface area (Å²) in [6.07, 6.45) is 1.39. The molecule has 3 aromatic rings. The van der Waals surface area contributed by atoms with Crippen molar-refractivity contribution in [1.29, 1.82) is 0 Å². The molecular formula is C21H20ClN3OS. The number of thiazole rings is 1. The van der Waals surface area contributed by atoms with Crippen LogP contribution in [0.3, 0.4) is 0 Å². The number of nitrogens with zero attached hydrogens (tertiary/aromatic N) is 2. The first-order chi connectivity index (χ1) is 13.2. The zero-order valence-electron chi connectivity index (χ0n) is 14.8. The summed E-state index contributed by atoms with van der Waals surface area (Å²) < 4.78 is 0. The van der Waals surface area contributed by atoms with Crippen LogP contribution in [0.4, 0.5) is 5.13 Å². The summed E-state index contributed by atoms with van der Waals surface area (Å²) in [5.41, 5.74) is 4.78. The number of rotatable bonds is 5. The van der Waals surface area contributed by atoms with Gasteiger partial charge in [0.05, 0.1) is 12.1 Å². The van der Waals surface area contributed by atoms with Gasteiger partial charge in [-0.05, 0) is 35.2 Å². The topological polar surface area (TPSA) is 45.2 Å². The predicted octanol–water partition coefficient (Wildman–Crippen LogP) is 4.54. The highest BCUT2D eigenvalue weighted by molar-refractivity contribution is 7.13. The first-order valence-corrected chi connectivity index (χ1v) is 10.2. The Morgan fingerprint density at radius 2 is 1.93 bits per heavy atom. The molecule has 6 heteroatoms. The van der Waals surface area contributed by atoms with Gasteiger partial charge in [-0.2, -0.15) is 0 Å². The molecule has 0 saturated heterocycles. The first-order valence-electron chi connectivity index (χ1n) is 8.93. The van der Waals surface area contributed by atoms with Gasteiger partial charge in [0.2, 0.25) is 5.91 Å². The quantitative estimate of drug-likeness (QED) is 0.687. The minimum absolute atomic E-state index is 0.0647. The molecule has 1 aliphatic rings. The van der Waals surface area contributed by atoms with Crippen LogP contribution < -0.4 is 5.32 Å². The maximum atomic E-state index is 12.2. The first kappa shape index (κ1) is 18.2. The number of hydrogen-bond donors (Lipinski definition) is 1. The fourth-order valence-electron chi connectivity index (χ4n) is 3.31. The van der Waals surface area contributed by atoms with E-state index in [0.29, 0.717) is 16.6 Å². The monoisotopic (exact) mass is 397 g/mol. The average molecular weight is 398 g/mol. The maximum absolute atomic E-state index is 12.2. The lowest BCUT2D eigenvalue weighted by Gasteiger charge is -2.27. The van der Waals surface area contributed by atoms with Crippen molar-refractivity contribution in [2.24, 2.45) is 0 Å². The van der Waals surface area contributed by atoms with Gasteiger partial charge in [-0.1, -0.05) is 48.0 Å². The van der Waals surface area contributed by atoms with Crippen LogP contribution in [0.1, 0.15) is 22.4 Å². The molecule has 2 heterocycles. The fraction of sp³-hybridized carbons (Fsp3) is 0.238. The largest absolute Gasteiger partial charge is 0.302 e. The van der Waals surface area contributed by atoms with E-state index in [1.54, 1.807) is 12.1 Å². The van der Waals surface area contributed by atoms with E-state index < -0.39 is 0 Å². The van der Waals surface area contributed by atoms with Crippen LogP contribution in [0.2, 0.25) is 5.02 Å². The Labute approximate surface area is 167 Å². The molecule has 4 rings (SSSR count). The highest BCUT2D eigenvalue weighted by Crippen LogP contribution is 2.22. The molecule has 1 aliphatic heterocycles. The molecule has 1 aromatic heterocycles. The number of carbonyl (C=O) groups is 1. The lowest BCUT2D eigenvalue weighted by Crippen LogP contribution is -2.30. The van der Waals surface area contributed by atoms with E-state index in [2.05, 4.69) is 39.5 Å². The van der Waals surface area contributed by atoms with E-state index in [4.69, 9.17) is 11.6 Å². The van der Waals surface area contributed by atoms with Gasteiger partial charge in [0.1, 0.15) is 0 Å². The number of anilines is 1. The van der Waals surface area contributed by atoms with Gasteiger partial charge in [0.25, 0.3) is 0 Å². The van der Waals surface area contributed by atoms with Crippen molar-refractivity contribution in [3.05, 3.63) is 81.3 Å². The molecule has 1 amide bonds. The number of nitrogens with one attached hydrogen (secondary N) is 1. The normalized spacial score (nSPS) is 14.0. The summed E-state index contributed by atoms with van der Waals surface area (Å²) >= 11 is 7.35. The minimum Gasteiger partial charge on any atom is -0.302 e. The Morgan fingerprint density at radius 3 is 2.74 bits per heavy atom. The fourth-order valence-corrected chi connectivity index (χ4v) is 4.15. The molecule has 0 atom stereocenters. The molecule has 0 saturated carbocycles. The number of carbonyl (C=O) groups excluding carboxylic acids is 1. The SMILES string of the molecule is O=C(Cc1ccc(Cl)cc1)Nc1nc(CN2CCc3ccccc3C2)cs1. The third-order valence-corrected chi connectivity index (χ3v) is 5.73. The van der Waals surface area contributed by atoms with Crippen molar-refractivity contribution >= 4 is 34.0 Å². The zero-order valence-corrected chi connectivity index (χ0v) is 16.4. The maximum Gasteiger partial charge on any atom is 0.230 e. The van der Waals surface area contributed by atoms with E-state index in [-0.39, 0.29) is 5.91 Å². The zero-order chi connectivity index (χ0) is 18.6. The molecule has 0 aliphatic carbocycles. The van der Waals surface area contributed by atoms with Gasteiger partial charge in [0, 0.05) is 30.0 Å². The van der Waals surface area contributed by atoms with Crippen LogP contribution in [-0.4, -0.2) is 22.3 Å². The molecule has 0 fully saturated rings. The summed E-state index contributed by atoms with van der Waals surface area (Å²) in [6.45, 7) is 2.79. The van der Waals surface area contributed by atoms with Crippen LogP contribution in [0.5, 0.6) is 0 Å². The Hall–Kier alpha value is -2.21. The van der Waals surface area contributed by atoms with Crippen LogP contribution >= 0.6 is 22.9 Å². The molecule has 1 N–H and O–H groups in total. The third-order valence-electron chi connectivity index (χ3n) is 4.67. The average Bonchev–Trinajstić information content (AvgIpc) is 3.10. The second-order valence-electron chi connectivity index (χ2n) is 6.72. The molecule has 0 bridgehead atoms. The third kappa shape index (κ3) is 4.75. The Morgan fingerprint density at radius 1 is 1.15 bits per heavy atom. The van der Waals surface area contributed by atoms with E-state index in [0.717, 1.165) is 37.3 Å².